The summed E-state index contributed by atoms with van der Waals surface area (Å²) >= 11 is 11.8. The number of aliphatic imine (C=N–C) groups is 1. The predicted octanol–water partition coefficient (Wildman–Crippen LogP) is 1.74. The quantitative estimate of drug-likeness (QED) is 0.739. The number of hydrogen-bond acceptors (Lipinski definition) is 5. The second-order valence-electron chi connectivity index (χ2n) is 4.07. The van der Waals surface area contributed by atoms with E-state index in [0.29, 0.717) is 28.4 Å². The molecule has 0 saturated heterocycles. The van der Waals surface area contributed by atoms with E-state index in [1.165, 1.54) is 0 Å². The maximum absolute atomic E-state index is 5.99. The van der Waals surface area contributed by atoms with Gasteiger partial charge in [-0.2, -0.15) is 0 Å². The molecule has 1 aromatic heterocycles. The molecule has 1 aliphatic rings. The first-order valence-electron chi connectivity index (χ1n) is 5.75. The van der Waals surface area contributed by atoms with Gasteiger partial charge in [-0.05, 0) is 13.0 Å². The summed E-state index contributed by atoms with van der Waals surface area (Å²) in [5, 5.41) is 10.6. The van der Waals surface area contributed by atoms with Crippen LogP contribution < -0.4 is 16.0 Å². The Morgan fingerprint density at radius 2 is 2.17 bits per heavy atom. The van der Waals surface area contributed by atoms with Crippen LogP contribution in [0.5, 0.6) is 0 Å². The lowest BCUT2D eigenvalue weighted by molar-refractivity contribution is 0.714. The summed E-state index contributed by atoms with van der Waals surface area (Å²) in [5.74, 6) is 1.48. The van der Waals surface area contributed by atoms with E-state index in [9.17, 15) is 0 Å². The third-order valence-electron chi connectivity index (χ3n) is 2.42. The number of anilines is 1. The topological polar surface area (TPSA) is 61.3 Å². The van der Waals surface area contributed by atoms with Crippen LogP contribution in [0.4, 0.5) is 5.82 Å². The predicted molar refractivity (Wildman–Crippen MR) is 75.6 cm³/mol. The van der Waals surface area contributed by atoms with Crippen LogP contribution in [0.25, 0.3) is 0 Å². The summed E-state index contributed by atoms with van der Waals surface area (Å²) in [6.07, 6.45) is 1.56. The molecular formula is C11H15Cl2N5. The van der Waals surface area contributed by atoms with Crippen molar-refractivity contribution >= 4 is 35.0 Å². The number of guanidine groups is 1. The SMILES string of the molecule is CC1CN=C(NCCNc2ncc(Cl)cc2Cl)N1. The van der Waals surface area contributed by atoms with E-state index >= 15 is 0 Å². The van der Waals surface area contributed by atoms with Gasteiger partial charge in [0.15, 0.2) is 5.96 Å². The van der Waals surface area contributed by atoms with E-state index in [1.807, 2.05) is 0 Å². The summed E-state index contributed by atoms with van der Waals surface area (Å²) in [7, 11) is 0. The van der Waals surface area contributed by atoms with E-state index in [2.05, 4.69) is 32.9 Å². The number of aromatic nitrogens is 1. The van der Waals surface area contributed by atoms with Crippen molar-refractivity contribution in [3.63, 3.8) is 0 Å². The minimum absolute atomic E-state index is 0.410. The number of pyridine rings is 1. The molecule has 0 aliphatic carbocycles. The molecule has 0 amide bonds. The lowest BCUT2D eigenvalue weighted by Crippen LogP contribution is -2.39. The Morgan fingerprint density at radius 3 is 2.83 bits per heavy atom. The average Bonchev–Trinajstić information content (AvgIpc) is 2.73. The molecule has 1 unspecified atom stereocenters. The van der Waals surface area contributed by atoms with E-state index in [4.69, 9.17) is 23.2 Å². The first-order chi connectivity index (χ1) is 8.65. The van der Waals surface area contributed by atoms with E-state index < -0.39 is 0 Å². The molecule has 5 nitrogen and oxygen atoms in total. The van der Waals surface area contributed by atoms with Gasteiger partial charge in [-0.15, -0.1) is 0 Å². The van der Waals surface area contributed by atoms with Gasteiger partial charge in [0.2, 0.25) is 0 Å². The summed E-state index contributed by atoms with van der Waals surface area (Å²) in [6, 6.07) is 2.07. The Bertz CT molecular complexity index is 449. The van der Waals surface area contributed by atoms with Crippen molar-refractivity contribution in [3.8, 4) is 0 Å². The molecule has 98 valence electrons. The van der Waals surface area contributed by atoms with Crippen LogP contribution in [-0.2, 0) is 0 Å². The van der Waals surface area contributed by atoms with Crippen molar-refractivity contribution < 1.29 is 0 Å². The lowest BCUT2D eigenvalue weighted by Gasteiger charge is -2.10. The Kier molecular flexibility index (Phi) is 4.49. The summed E-state index contributed by atoms with van der Waals surface area (Å²) in [4.78, 5) is 8.41. The number of nitrogens with zero attached hydrogens (tertiary/aromatic N) is 2. The first kappa shape index (κ1) is 13.2. The van der Waals surface area contributed by atoms with Crippen LogP contribution in [0.15, 0.2) is 17.3 Å². The van der Waals surface area contributed by atoms with Gasteiger partial charge in [0.25, 0.3) is 0 Å². The maximum Gasteiger partial charge on any atom is 0.191 e. The van der Waals surface area contributed by atoms with Gasteiger partial charge in [0, 0.05) is 25.3 Å². The fourth-order valence-electron chi connectivity index (χ4n) is 1.57. The van der Waals surface area contributed by atoms with E-state index in [1.54, 1.807) is 12.3 Å². The van der Waals surface area contributed by atoms with Crippen molar-refractivity contribution in [2.45, 2.75) is 13.0 Å². The molecule has 0 bridgehead atoms. The molecule has 0 radical (unpaired) electrons. The van der Waals surface area contributed by atoms with Crippen molar-refractivity contribution in [1.29, 1.82) is 0 Å². The van der Waals surface area contributed by atoms with Gasteiger partial charge in [0.1, 0.15) is 5.82 Å². The molecule has 1 aromatic rings. The number of hydrogen-bond donors (Lipinski definition) is 3. The number of halogens is 2. The van der Waals surface area contributed by atoms with Crippen LogP contribution >= 0.6 is 23.2 Å². The zero-order valence-corrected chi connectivity index (χ0v) is 11.5. The molecule has 1 atom stereocenters. The zero-order chi connectivity index (χ0) is 13.0. The highest BCUT2D eigenvalue weighted by Crippen LogP contribution is 2.21. The smallest absolute Gasteiger partial charge is 0.191 e. The fraction of sp³-hybridized carbons (Fsp3) is 0.455. The van der Waals surface area contributed by atoms with Crippen molar-refractivity contribution in [3.05, 3.63) is 22.3 Å². The molecule has 0 aromatic carbocycles. The fourth-order valence-corrected chi connectivity index (χ4v) is 2.01. The van der Waals surface area contributed by atoms with Gasteiger partial charge in [-0.25, -0.2) is 4.98 Å². The highest BCUT2D eigenvalue weighted by Gasteiger charge is 2.11. The molecule has 0 fully saturated rings. The largest absolute Gasteiger partial charge is 0.367 e. The third-order valence-corrected chi connectivity index (χ3v) is 2.92. The maximum atomic E-state index is 5.99. The van der Waals surface area contributed by atoms with Crippen molar-refractivity contribution in [1.82, 2.24) is 15.6 Å². The van der Waals surface area contributed by atoms with Crippen LogP contribution in [0.2, 0.25) is 10.0 Å². The second-order valence-corrected chi connectivity index (χ2v) is 4.92. The molecule has 18 heavy (non-hydrogen) atoms. The monoisotopic (exact) mass is 287 g/mol. The molecule has 0 saturated carbocycles. The third kappa shape index (κ3) is 3.65. The van der Waals surface area contributed by atoms with Crippen LogP contribution in [0.3, 0.4) is 0 Å². The van der Waals surface area contributed by atoms with Crippen LogP contribution in [-0.4, -0.2) is 36.6 Å². The van der Waals surface area contributed by atoms with Gasteiger partial charge < -0.3 is 16.0 Å². The molecule has 2 rings (SSSR count). The number of nitrogens with one attached hydrogen (secondary N) is 3. The summed E-state index contributed by atoms with van der Waals surface area (Å²) in [6.45, 7) is 4.34. The number of rotatable bonds is 4. The van der Waals surface area contributed by atoms with Crippen LogP contribution in [0, 0.1) is 0 Å². The first-order valence-corrected chi connectivity index (χ1v) is 6.50. The zero-order valence-electron chi connectivity index (χ0n) is 10.0. The van der Waals surface area contributed by atoms with E-state index in [-0.39, 0.29) is 0 Å². The molecular weight excluding hydrogens is 273 g/mol. The standard InChI is InChI=1S/C11H15Cl2N5/c1-7-5-17-11(18-7)15-3-2-14-10-9(13)4-8(12)6-16-10/h4,6-7H,2-3,5H2,1H3,(H,14,16)(H2,15,17,18). The Morgan fingerprint density at radius 1 is 1.39 bits per heavy atom. The minimum Gasteiger partial charge on any atom is -0.367 e. The molecule has 3 N–H and O–H groups in total. The normalized spacial score (nSPS) is 18.2. The van der Waals surface area contributed by atoms with Gasteiger partial charge in [-0.3, -0.25) is 4.99 Å². The Labute approximate surface area is 116 Å². The summed E-state index contributed by atoms with van der Waals surface area (Å²) < 4.78 is 0. The minimum atomic E-state index is 0.410. The van der Waals surface area contributed by atoms with E-state index in [0.717, 1.165) is 19.0 Å². The summed E-state index contributed by atoms with van der Waals surface area (Å²) in [5.41, 5.74) is 0. The Hall–Kier alpha value is -1.20. The molecule has 7 heteroatoms. The highest BCUT2D eigenvalue weighted by atomic mass is 35.5. The van der Waals surface area contributed by atoms with Crippen molar-refractivity contribution in [2.24, 2.45) is 4.99 Å². The Balaban J connectivity index is 1.72. The van der Waals surface area contributed by atoms with Gasteiger partial charge in [-0.1, -0.05) is 23.2 Å². The lowest BCUT2D eigenvalue weighted by atomic mass is 10.4. The highest BCUT2D eigenvalue weighted by molar-refractivity contribution is 6.35. The second kappa shape index (κ2) is 6.11. The van der Waals surface area contributed by atoms with Gasteiger partial charge >= 0.3 is 0 Å². The van der Waals surface area contributed by atoms with Crippen molar-refractivity contribution in [2.75, 3.05) is 25.0 Å². The van der Waals surface area contributed by atoms with Gasteiger partial charge in [0.05, 0.1) is 16.6 Å². The molecule has 2 heterocycles. The van der Waals surface area contributed by atoms with Crippen LogP contribution in [0.1, 0.15) is 6.92 Å². The molecule has 1 aliphatic heterocycles. The average molecular weight is 288 g/mol. The molecule has 0 spiro atoms.